The zero-order chi connectivity index (χ0) is 19.2. The minimum absolute atomic E-state index is 0.0255. The molecule has 0 aliphatic carbocycles. The van der Waals surface area contributed by atoms with Crippen molar-refractivity contribution in [2.24, 2.45) is 0 Å². The van der Waals surface area contributed by atoms with Crippen LogP contribution in [0.25, 0.3) is 0 Å². The van der Waals surface area contributed by atoms with Gasteiger partial charge in [-0.15, -0.1) is 0 Å². The molecule has 0 N–H and O–H groups in total. The molecule has 5 nitrogen and oxygen atoms in total. The first kappa shape index (κ1) is 19.5. The zero-order valence-electron chi connectivity index (χ0n) is 15.8. The fourth-order valence-electron chi connectivity index (χ4n) is 2.86. The van der Waals surface area contributed by atoms with Gasteiger partial charge in [-0.25, -0.2) is 0 Å². The number of halogens is 1. The minimum Gasteiger partial charge on any atom is -0.490 e. The molecule has 1 heterocycles. The number of carbonyl (C=O) groups is 1. The molecule has 0 saturated carbocycles. The van der Waals surface area contributed by atoms with Crippen molar-refractivity contribution >= 4 is 17.5 Å². The number of ether oxygens (including phenoxy) is 2. The third-order valence-corrected chi connectivity index (χ3v) is 4.64. The van der Waals surface area contributed by atoms with Crippen LogP contribution in [0.2, 0.25) is 5.02 Å². The Labute approximate surface area is 165 Å². The van der Waals surface area contributed by atoms with E-state index in [0.717, 1.165) is 18.5 Å². The third-order valence-electron chi connectivity index (χ3n) is 4.39. The first-order valence-electron chi connectivity index (χ1n) is 9.11. The second-order valence-corrected chi connectivity index (χ2v) is 7.30. The molecule has 0 bridgehead atoms. The van der Waals surface area contributed by atoms with Crippen LogP contribution in [-0.4, -0.2) is 56.1 Å². The molecule has 1 amide bonds. The summed E-state index contributed by atoms with van der Waals surface area (Å²) in [6.45, 7) is 3.16. The summed E-state index contributed by atoms with van der Waals surface area (Å²) in [5, 5.41) is 0.688. The van der Waals surface area contributed by atoms with Gasteiger partial charge in [0.05, 0.1) is 13.2 Å². The highest BCUT2D eigenvalue weighted by molar-refractivity contribution is 6.30. The summed E-state index contributed by atoms with van der Waals surface area (Å²) in [6.07, 6.45) is 0.837. The van der Waals surface area contributed by atoms with E-state index < -0.39 is 0 Å². The quantitative estimate of drug-likeness (QED) is 0.756. The molecule has 0 spiro atoms. The van der Waals surface area contributed by atoms with Gasteiger partial charge < -0.3 is 19.3 Å². The van der Waals surface area contributed by atoms with E-state index in [-0.39, 0.29) is 5.91 Å². The molecular weight excluding hydrogens is 364 g/mol. The predicted octanol–water partition coefficient (Wildman–Crippen LogP) is 3.71. The number of rotatable bonds is 6. The summed E-state index contributed by atoms with van der Waals surface area (Å²) >= 11 is 5.98. The van der Waals surface area contributed by atoms with Crippen molar-refractivity contribution in [3.05, 3.63) is 58.6 Å². The Kier molecular flexibility index (Phi) is 6.58. The van der Waals surface area contributed by atoms with Crippen LogP contribution in [0.1, 0.15) is 22.3 Å². The molecule has 2 aromatic rings. The minimum atomic E-state index is -0.0255. The molecule has 27 heavy (non-hydrogen) atoms. The largest absolute Gasteiger partial charge is 0.490 e. The third kappa shape index (κ3) is 5.37. The normalized spacial score (nSPS) is 13.3. The fourth-order valence-corrected chi connectivity index (χ4v) is 2.99. The number of nitrogens with zero attached hydrogens (tertiary/aromatic N) is 2. The Hall–Kier alpha value is -2.24. The van der Waals surface area contributed by atoms with E-state index in [9.17, 15) is 4.79 Å². The average Bonchev–Trinajstić information content (AvgIpc) is 2.90. The van der Waals surface area contributed by atoms with Crippen LogP contribution in [0, 0.1) is 0 Å². The lowest BCUT2D eigenvalue weighted by molar-refractivity contribution is 0.0731. The summed E-state index contributed by atoms with van der Waals surface area (Å²) in [5.74, 6) is 1.31. The summed E-state index contributed by atoms with van der Waals surface area (Å²) in [7, 11) is 4.00. The molecule has 1 aliphatic heterocycles. The van der Waals surface area contributed by atoms with Gasteiger partial charge in [0, 0.05) is 36.6 Å². The maximum Gasteiger partial charge on any atom is 0.254 e. The Morgan fingerprint density at radius 3 is 2.41 bits per heavy atom. The highest BCUT2D eigenvalue weighted by atomic mass is 35.5. The number of amides is 1. The second kappa shape index (κ2) is 9.11. The summed E-state index contributed by atoms with van der Waals surface area (Å²) in [4.78, 5) is 17.1. The molecule has 0 atom stereocenters. The summed E-state index contributed by atoms with van der Waals surface area (Å²) in [6, 6.07) is 13.0. The van der Waals surface area contributed by atoms with Crippen LogP contribution in [0.3, 0.4) is 0 Å². The van der Waals surface area contributed by atoms with Gasteiger partial charge in [-0.3, -0.25) is 4.79 Å². The first-order chi connectivity index (χ1) is 13.0. The summed E-state index contributed by atoms with van der Waals surface area (Å²) < 4.78 is 11.4. The van der Waals surface area contributed by atoms with E-state index in [2.05, 4.69) is 4.90 Å². The molecule has 6 heteroatoms. The lowest BCUT2D eigenvalue weighted by Crippen LogP contribution is -2.36. The van der Waals surface area contributed by atoms with Gasteiger partial charge in [0.1, 0.15) is 0 Å². The van der Waals surface area contributed by atoms with Gasteiger partial charge in [0.15, 0.2) is 11.5 Å². The molecule has 0 fully saturated rings. The molecule has 3 rings (SSSR count). The Bertz CT molecular complexity index is 777. The number of fused-ring (bicyclic) bond motifs is 1. The van der Waals surface area contributed by atoms with Crippen molar-refractivity contribution < 1.29 is 14.3 Å². The van der Waals surface area contributed by atoms with Gasteiger partial charge in [-0.1, -0.05) is 23.7 Å². The molecule has 2 aromatic carbocycles. The van der Waals surface area contributed by atoms with Crippen molar-refractivity contribution in [2.75, 3.05) is 40.4 Å². The van der Waals surface area contributed by atoms with Crippen molar-refractivity contribution in [3.8, 4) is 11.5 Å². The molecule has 0 unspecified atom stereocenters. The molecule has 144 valence electrons. The van der Waals surface area contributed by atoms with Crippen LogP contribution in [0.15, 0.2) is 42.5 Å². The van der Waals surface area contributed by atoms with Crippen LogP contribution < -0.4 is 9.47 Å². The van der Waals surface area contributed by atoms with Gasteiger partial charge in [0.25, 0.3) is 5.91 Å². The number of hydrogen-bond acceptors (Lipinski definition) is 4. The maximum atomic E-state index is 13.2. The zero-order valence-corrected chi connectivity index (χ0v) is 16.5. The van der Waals surface area contributed by atoms with Crippen molar-refractivity contribution in [1.82, 2.24) is 9.80 Å². The standard InChI is InChI=1S/C21H25ClN2O3/c1-23(2)10-11-24(15-16-4-7-18(22)8-5-16)21(25)17-6-9-19-20(14-17)27-13-3-12-26-19/h4-9,14H,3,10-13,15H2,1-2H3. The van der Waals surface area contributed by atoms with Crippen molar-refractivity contribution in [1.29, 1.82) is 0 Å². The van der Waals surface area contributed by atoms with Crippen LogP contribution in [0.4, 0.5) is 0 Å². The van der Waals surface area contributed by atoms with Gasteiger partial charge >= 0.3 is 0 Å². The molecule has 0 radical (unpaired) electrons. The molecule has 1 aliphatic rings. The maximum absolute atomic E-state index is 13.2. The molecular formula is C21H25ClN2O3. The van der Waals surface area contributed by atoms with Crippen molar-refractivity contribution in [3.63, 3.8) is 0 Å². The molecule has 0 aromatic heterocycles. The number of benzene rings is 2. The van der Waals surface area contributed by atoms with Crippen molar-refractivity contribution in [2.45, 2.75) is 13.0 Å². The van der Waals surface area contributed by atoms with Gasteiger partial charge in [0.2, 0.25) is 0 Å². The first-order valence-corrected chi connectivity index (χ1v) is 9.49. The van der Waals surface area contributed by atoms with Crippen LogP contribution in [0.5, 0.6) is 11.5 Å². The lowest BCUT2D eigenvalue weighted by Gasteiger charge is -2.25. The summed E-state index contributed by atoms with van der Waals surface area (Å²) in [5.41, 5.74) is 1.65. The highest BCUT2D eigenvalue weighted by Gasteiger charge is 2.19. The number of likely N-dealkylation sites (N-methyl/N-ethyl adjacent to an activating group) is 1. The predicted molar refractivity (Wildman–Crippen MR) is 107 cm³/mol. The molecule has 0 saturated heterocycles. The average molecular weight is 389 g/mol. The van der Waals surface area contributed by atoms with Crippen LogP contribution >= 0.6 is 11.6 Å². The monoisotopic (exact) mass is 388 g/mol. The van der Waals surface area contributed by atoms with Crippen LogP contribution in [-0.2, 0) is 6.54 Å². The Morgan fingerprint density at radius 1 is 1.00 bits per heavy atom. The van der Waals surface area contributed by atoms with E-state index in [0.29, 0.717) is 48.4 Å². The fraction of sp³-hybridized carbons (Fsp3) is 0.381. The number of carbonyl (C=O) groups excluding carboxylic acids is 1. The van der Waals surface area contributed by atoms with E-state index in [1.807, 2.05) is 49.3 Å². The van der Waals surface area contributed by atoms with E-state index >= 15 is 0 Å². The smallest absolute Gasteiger partial charge is 0.254 e. The van der Waals surface area contributed by atoms with E-state index in [4.69, 9.17) is 21.1 Å². The van der Waals surface area contributed by atoms with Gasteiger partial charge in [-0.05, 0) is 50.0 Å². The van der Waals surface area contributed by atoms with Gasteiger partial charge in [-0.2, -0.15) is 0 Å². The van der Waals surface area contributed by atoms with E-state index in [1.165, 1.54) is 0 Å². The van der Waals surface area contributed by atoms with E-state index in [1.54, 1.807) is 12.1 Å². The second-order valence-electron chi connectivity index (χ2n) is 6.87. The Morgan fingerprint density at radius 2 is 1.70 bits per heavy atom. The lowest BCUT2D eigenvalue weighted by atomic mass is 10.1. The topological polar surface area (TPSA) is 42.0 Å². The highest BCUT2D eigenvalue weighted by Crippen LogP contribution is 2.31. The Balaban J connectivity index is 1.81. The number of hydrogen-bond donors (Lipinski definition) is 0. The SMILES string of the molecule is CN(C)CCN(Cc1ccc(Cl)cc1)C(=O)c1ccc2c(c1)OCCCO2.